The molecule has 0 amide bonds. The van der Waals surface area contributed by atoms with Crippen molar-refractivity contribution < 1.29 is 4.74 Å². The molecule has 1 fully saturated rings. The monoisotopic (exact) mass is 275 g/mol. The number of ether oxygens (including phenoxy) is 1. The van der Waals surface area contributed by atoms with E-state index in [1.54, 1.807) is 7.11 Å². The molecule has 0 saturated heterocycles. The summed E-state index contributed by atoms with van der Waals surface area (Å²) in [6, 6.07) is 4.38. The van der Waals surface area contributed by atoms with Gasteiger partial charge in [0.15, 0.2) is 0 Å². The fourth-order valence-corrected chi connectivity index (χ4v) is 3.51. The van der Waals surface area contributed by atoms with Crippen LogP contribution in [0.2, 0.25) is 0 Å². The van der Waals surface area contributed by atoms with Crippen molar-refractivity contribution in [2.45, 2.75) is 65.3 Å². The first-order valence-corrected chi connectivity index (χ1v) is 7.72. The highest BCUT2D eigenvalue weighted by Crippen LogP contribution is 2.43. The lowest BCUT2D eigenvalue weighted by Gasteiger charge is -2.32. The molecule has 112 valence electrons. The van der Waals surface area contributed by atoms with Crippen molar-refractivity contribution in [1.29, 1.82) is 0 Å². The van der Waals surface area contributed by atoms with Crippen molar-refractivity contribution in [2.75, 3.05) is 7.11 Å². The highest BCUT2D eigenvalue weighted by Gasteiger charge is 2.35. The Morgan fingerprint density at radius 3 is 2.35 bits per heavy atom. The summed E-state index contributed by atoms with van der Waals surface area (Å²) in [4.78, 5) is 0. The second-order valence-corrected chi connectivity index (χ2v) is 7.31. The Morgan fingerprint density at radius 2 is 1.70 bits per heavy atom. The van der Waals surface area contributed by atoms with E-state index in [0.29, 0.717) is 5.41 Å². The van der Waals surface area contributed by atoms with Crippen LogP contribution in [-0.2, 0) is 5.54 Å². The average Bonchev–Trinajstić information content (AvgIpc) is 2.51. The normalized spacial score (nSPS) is 26.1. The quantitative estimate of drug-likeness (QED) is 0.809. The van der Waals surface area contributed by atoms with Gasteiger partial charge in [-0.1, -0.05) is 26.3 Å². The van der Waals surface area contributed by atoms with Crippen LogP contribution in [0, 0.1) is 19.3 Å². The molecule has 2 nitrogen and oxygen atoms in total. The molecule has 1 aliphatic rings. The highest BCUT2D eigenvalue weighted by molar-refractivity contribution is 5.44. The molecular weight excluding hydrogens is 246 g/mol. The molecule has 2 rings (SSSR count). The summed E-state index contributed by atoms with van der Waals surface area (Å²) >= 11 is 0. The molecule has 0 aliphatic heterocycles. The van der Waals surface area contributed by atoms with Crippen molar-refractivity contribution in [2.24, 2.45) is 11.1 Å². The zero-order valence-corrected chi connectivity index (χ0v) is 13.7. The first kappa shape index (κ1) is 15.4. The van der Waals surface area contributed by atoms with Crippen molar-refractivity contribution >= 4 is 0 Å². The van der Waals surface area contributed by atoms with Gasteiger partial charge < -0.3 is 10.5 Å². The molecule has 1 aromatic carbocycles. The van der Waals surface area contributed by atoms with Gasteiger partial charge in [-0.05, 0) is 67.7 Å². The fraction of sp³-hybridized carbons (Fsp3) is 0.667. The Bertz CT molecular complexity index is 492. The summed E-state index contributed by atoms with van der Waals surface area (Å²) in [5.74, 6) is 0.962. The van der Waals surface area contributed by atoms with E-state index in [1.807, 2.05) is 0 Å². The zero-order chi connectivity index (χ0) is 15.0. The van der Waals surface area contributed by atoms with Crippen LogP contribution in [0.25, 0.3) is 0 Å². The first-order valence-electron chi connectivity index (χ1n) is 7.72. The van der Waals surface area contributed by atoms with Crippen molar-refractivity contribution in [3.63, 3.8) is 0 Å². The molecule has 2 N–H and O–H groups in total. The van der Waals surface area contributed by atoms with Crippen molar-refractivity contribution in [3.05, 3.63) is 28.8 Å². The van der Waals surface area contributed by atoms with Crippen LogP contribution in [0.3, 0.4) is 0 Å². The fourth-order valence-electron chi connectivity index (χ4n) is 3.51. The Kier molecular flexibility index (Phi) is 4.15. The Labute approximate surface area is 123 Å². The maximum Gasteiger partial charge on any atom is 0.122 e. The highest BCUT2D eigenvalue weighted by atomic mass is 16.5. The summed E-state index contributed by atoms with van der Waals surface area (Å²) in [5.41, 5.74) is 10.8. The second kappa shape index (κ2) is 5.40. The van der Waals surface area contributed by atoms with E-state index in [0.717, 1.165) is 18.6 Å². The average molecular weight is 275 g/mol. The minimum atomic E-state index is -0.172. The molecular formula is C18H29NO. The third kappa shape index (κ3) is 3.01. The van der Waals surface area contributed by atoms with Gasteiger partial charge in [0.05, 0.1) is 7.11 Å². The Morgan fingerprint density at radius 1 is 1.00 bits per heavy atom. The maximum absolute atomic E-state index is 6.82. The van der Waals surface area contributed by atoms with Crippen LogP contribution < -0.4 is 10.5 Å². The molecule has 0 aromatic heterocycles. The van der Waals surface area contributed by atoms with Crippen LogP contribution in [-0.4, -0.2) is 7.11 Å². The summed E-state index contributed by atoms with van der Waals surface area (Å²) in [7, 11) is 1.73. The van der Waals surface area contributed by atoms with Gasteiger partial charge in [0.2, 0.25) is 0 Å². The molecule has 1 saturated carbocycles. The molecule has 0 radical (unpaired) electrons. The number of hydrogen-bond donors (Lipinski definition) is 1. The van der Waals surface area contributed by atoms with E-state index in [9.17, 15) is 0 Å². The lowest BCUT2D eigenvalue weighted by Crippen LogP contribution is -2.37. The number of nitrogens with two attached hydrogens (primary N) is 1. The molecule has 1 aromatic rings. The van der Waals surface area contributed by atoms with Crippen molar-refractivity contribution in [3.8, 4) is 5.75 Å². The minimum Gasteiger partial charge on any atom is -0.496 e. The van der Waals surface area contributed by atoms with Gasteiger partial charge >= 0.3 is 0 Å². The smallest absolute Gasteiger partial charge is 0.122 e. The van der Waals surface area contributed by atoms with Gasteiger partial charge in [-0.15, -0.1) is 0 Å². The minimum absolute atomic E-state index is 0.172. The van der Waals surface area contributed by atoms with Gasteiger partial charge in [-0.2, -0.15) is 0 Å². The van der Waals surface area contributed by atoms with E-state index in [1.165, 1.54) is 36.0 Å². The Hall–Kier alpha value is -1.02. The molecule has 2 heteroatoms. The van der Waals surface area contributed by atoms with Gasteiger partial charge in [0.1, 0.15) is 5.75 Å². The molecule has 0 bridgehead atoms. The summed E-state index contributed by atoms with van der Waals surface area (Å²) in [6.45, 7) is 8.99. The maximum atomic E-state index is 6.82. The largest absolute Gasteiger partial charge is 0.496 e. The number of hydrogen-bond acceptors (Lipinski definition) is 2. The van der Waals surface area contributed by atoms with E-state index >= 15 is 0 Å². The Balaban J connectivity index is 2.37. The molecule has 20 heavy (non-hydrogen) atoms. The molecule has 1 aliphatic carbocycles. The standard InChI is InChI=1S/C18H29NO/c1-13-12-16(20-5)14(2)11-15(13)18(19)8-6-7-17(3,4)9-10-18/h11-12H,6-10,19H2,1-5H3. The number of benzene rings is 1. The van der Waals surface area contributed by atoms with E-state index in [4.69, 9.17) is 10.5 Å². The summed E-state index contributed by atoms with van der Waals surface area (Å²) < 4.78 is 5.42. The summed E-state index contributed by atoms with van der Waals surface area (Å²) in [6.07, 6.45) is 5.86. The number of aryl methyl sites for hydroxylation is 2. The van der Waals surface area contributed by atoms with E-state index < -0.39 is 0 Å². The molecule has 0 heterocycles. The second-order valence-electron chi connectivity index (χ2n) is 7.31. The number of rotatable bonds is 2. The SMILES string of the molecule is COc1cc(C)c(C2(N)CCCC(C)(C)CC2)cc1C. The van der Waals surface area contributed by atoms with Crippen molar-refractivity contribution in [1.82, 2.24) is 0 Å². The molecule has 1 unspecified atom stereocenters. The predicted molar refractivity (Wildman–Crippen MR) is 85.2 cm³/mol. The third-order valence-electron chi connectivity index (χ3n) is 5.00. The molecule has 1 atom stereocenters. The predicted octanol–water partition coefficient (Wildman–Crippen LogP) is 4.46. The van der Waals surface area contributed by atoms with Gasteiger partial charge in [0.25, 0.3) is 0 Å². The van der Waals surface area contributed by atoms with Crippen LogP contribution in [0.5, 0.6) is 5.75 Å². The lowest BCUT2D eigenvalue weighted by atomic mass is 9.79. The van der Waals surface area contributed by atoms with Crippen LogP contribution in [0.15, 0.2) is 12.1 Å². The first-order chi connectivity index (χ1) is 9.27. The van der Waals surface area contributed by atoms with Crippen LogP contribution in [0.4, 0.5) is 0 Å². The lowest BCUT2D eigenvalue weighted by molar-refractivity contribution is 0.299. The topological polar surface area (TPSA) is 35.2 Å². The van der Waals surface area contributed by atoms with E-state index in [2.05, 4.69) is 39.8 Å². The third-order valence-corrected chi connectivity index (χ3v) is 5.00. The van der Waals surface area contributed by atoms with Gasteiger partial charge in [-0.3, -0.25) is 0 Å². The van der Waals surface area contributed by atoms with Crippen LogP contribution in [0.1, 0.15) is 62.6 Å². The number of methoxy groups -OCH3 is 1. The van der Waals surface area contributed by atoms with Crippen LogP contribution >= 0.6 is 0 Å². The van der Waals surface area contributed by atoms with Gasteiger partial charge in [-0.25, -0.2) is 0 Å². The summed E-state index contributed by atoms with van der Waals surface area (Å²) in [5, 5.41) is 0. The molecule has 0 spiro atoms. The zero-order valence-electron chi connectivity index (χ0n) is 13.7. The van der Waals surface area contributed by atoms with E-state index in [-0.39, 0.29) is 5.54 Å². The van der Waals surface area contributed by atoms with Gasteiger partial charge in [0, 0.05) is 5.54 Å².